The Hall–Kier alpha value is -3.15. The van der Waals surface area contributed by atoms with Gasteiger partial charge < -0.3 is 10.4 Å². The maximum atomic E-state index is 13.1. The fourth-order valence-electron chi connectivity index (χ4n) is 2.09. The van der Waals surface area contributed by atoms with E-state index in [0.29, 0.717) is 12.1 Å². The van der Waals surface area contributed by atoms with Crippen LogP contribution in [0, 0.1) is 5.82 Å². The number of hydrogen-bond donors (Lipinski definition) is 3. The zero-order valence-corrected chi connectivity index (χ0v) is 14.6. The van der Waals surface area contributed by atoms with E-state index < -0.39 is 56.6 Å². The Kier molecular flexibility index (Phi) is 5.92. The second-order valence-corrected chi connectivity index (χ2v) is 7.08. The molecule has 3 N–H and O–H groups in total. The molecule has 0 atom stereocenters. The number of aliphatic carboxylic acids is 1. The summed E-state index contributed by atoms with van der Waals surface area (Å²) in [5.74, 6) is -3.25. The molecule has 2 rings (SSSR count). The fraction of sp³-hybridized carbons (Fsp3) is 0.125. The van der Waals surface area contributed by atoms with Crippen LogP contribution in [0.25, 0.3) is 0 Å². The highest BCUT2D eigenvalue weighted by atomic mass is 32.2. The highest BCUT2D eigenvalue weighted by molar-refractivity contribution is 7.92. The number of anilines is 1. The Morgan fingerprint density at radius 3 is 2.18 bits per heavy atom. The van der Waals surface area contributed by atoms with Crippen LogP contribution in [0.3, 0.4) is 0 Å². The molecule has 0 radical (unpaired) electrons. The molecule has 0 aromatic heterocycles. The SMILES string of the molecule is O=C(O)CNC(=O)c1ccc(S(=O)(=O)Nc2ccc(F)cc2C(F)(F)F)cc1. The van der Waals surface area contributed by atoms with Crippen LogP contribution in [0.15, 0.2) is 47.4 Å². The number of carbonyl (C=O) groups excluding carboxylic acids is 1. The Labute approximate surface area is 156 Å². The first-order valence-electron chi connectivity index (χ1n) is 7.40. The Bertz CT molecular complexity index is 1000. The van der Waals surface area contributed by atoms with Crippen LogP contribution in [0.2, 0.25) is 0 Å². The van der Waals surface area contributed by atoms with Gasteiger partial charge in [-0.2, -0.15) is 13.2 Å². The van der Waals surface area contributed by atoms with Crippen LogP contribution in [-0.4, -0.2) is 31.9 Å². The molecule has 0 saturated carbocycles. The van der Waals surface area contributed by atoms with Gasteiger partial charge in [-0.25, -0.2) is 12.8 Å². The molecule has 0 unspecified atom stereocenters. The molecule has 2 aromatic carbocycles. The third kappa shape index (κ3) is 5.19. The van der Waals surface area contributed by atoms with Gasteiger partial charge in [0.2, 0.25) is 0 Å². The molecular weight excluding hydrogens is 408 g/mol. The summed E-state index contributed by atoms with van der Waals surface area (Å²) < 4.78 is 78.4. The summed E-state index contributed by atoms with van der Waals surface area (Å²) in [6, 6.07) is 5.49. The van der Waals surface area contributed by atoms with Crippen LogP contribution >= 0.6 is 0 Å². The fourth-order valence-corrected chi connectivity index (χ4v) is 3.17. The molecule has 0 aliphatic carbocycles. The van der Waals surface area contributed by atoms with Gasteiger partial charge in [0.15, 0.2) is 0 Å². The average Bonchev–Trinajstić information content (AvgIpc) is 2.60. The lowest BCUT2D eigenvalue weighted by Crippen LogP contribution is -2.29. The molecule has 1 amide bonds. The summed E-state index contributed by atoms with van der Waals surface area (Å²) in [5.41, 5.74) is -2.42. The highest BCUT2D eigenvalue weighted by Gasteiger charge is 2.35. The molecule has 0 saturated heterocycles. The largest absolute Gasteiger partial charge is 0.480 e. The van der Waals surface area contributed by atoms with Crippen LogP contribution in [0.1, 0.15) is 15.9 Å². The maximum Gasteiger partial charge on any atom is 0.418 e. The second-order valence-electron chi connectivity index (χ2n) is 5.39. The number of nitrogens with one attached hydrogen (secondary N) is 2. The average molecular weight is 420 g/mol. The van der Waals surface area contributed by atoms with Gasteiger partial charge in [0.1, 0.15) is 12.4 Å². The Morgan fingerprint density at radius 1 is 1.04 bits per heavy atom. The molecule has 0 aliphatic heterocycles. The second kappa shape index (κ2) is 7.84. The molecule has 150 valence electrons. The van der Waals surface area contributed by atoms with E-state index in [0.717, 1.165) is 24.3 Å². The number of carbonyl (C=O) groups is 2. The van der Waals surface area contributed by atoms with Gasteiger partial charge in [-0.3, -0.25) is 14.3 Å². The van der Waals surface area contributed by atoms with Crippen molar-refractivity contribution in [2.75, 3.05) is 11.3 Å². The molecule has 0 heterocycles. The number of rotatable bonds is 6. The third-order valence-corrected chi connectivity index (χ3v) is 4.74. The minimum atomic E-state index is -4.99. The molecule has 0 aliphatic rings. The molecule has 7 nitrogen and oxygen atoms in total. The van der Waals surface area contributed by atoms with Gasteiger partial charge in [-0.1, -0.05) is 0 Å². The number of hydrogen-bond acceptors (Lipinski definition) is 4. The molecule has 0 fully saturated rings. The van der Waals surface area contributed by atoms with E-state index >= 15 is 0 Å². The molecule has 0 bridgehead atoms. The number of alkyl halides is 3. The lowest BCUT2D eigenvalue weighted by Gasteiger charge is -2.15. The van der Waals surface area contributed by atoms with Gasteiger partial charge in [0, 0.05) is 5.56 Å². The van der Waals surface area contributed by atoms with Crippen LogP contribution < -0.4 is 10.0 Å². The van der Waals surface area contributed by atoms with Gasteiger partial charge in [0.05, 0.1) is 16.1 Å². The monoisotopic (exact) mass is 420 g/mol. The lowest BCUT2D eigenvalue weighted by atomic mass is 10.2. The lowest BCUT2D eigenvalue weighted by molar-refractivity contribution is -0.137. The summed E-state index contributed by atoms with van der Waals surface area (Å²) in [4.78, 5) is 21.6. The molecule has 12 heteroatoms. The van der Waals surface area contributed by atoms with Crippen LogP contribution in [0.4, 0.5) is 23.2 Å². The van der Waals surface area contributed by atoms with Crippen molar-refractivity contribution in [1.82, 2.24) is 5.32 Å². The normalized spacial score (nSPS) is 11.7. The van der Waals surface area contributed by atoms with Gasteiger partial charge in [-0.05, 0) is 42.5 Å². The number of carboxylic acid groups (broad SMARTS) is 1. The molecular formula is C16H12F4N2O5S. The first kappa shape index (κ1) is 21.2. The quantitative estimate of drug-likeness (QED) is 0.622. The zero-order chi connectivity index (χ0) is 21.1. The van der Waals surface area contributed by atoms with E-state index in [1.807, 2.05) is 0 Å². The highest BCUT2D eigenvalue weighted by Crippen LogP contribution is 2.36. The van der Waals surface area contributed by atoms with Crippen molar-refractivity contribution in [2.45, 2.75) is 11.1 Å². The molecule has 0 spiro atoms. The summed E-state index contributed by atoms with van der Waals surface area (Å²) >= 11 is 0. The van der Waals surface area contributed by atoms with E-state index in [4.69, 9.17) is 5.11 Å². The Morgan fingerprint density at radius 2 is 1.64 bits per heavy atom. The number of benzene rings is 2. The van der Waals surface area contributed by atoms with E-state index in [-0.39, 0.29) is 11.6 Å². The van der Waals surface area contributed by atoms with Crippen molar-refractivity contribution < 1.29 is 40.7 Å². The minimum absolute atomic E-state index is 0.0574. The number of sulfonamides is 1. The van der Waals surface area contributed by atoms with Crippen molar-refractivity contribution in [3.63, 3.8) is 0 Å². The third-order valence-electron chi connectivity index (χ3n) is 3.36. The smallest absolute Gasteiger partial charge is 0.418 e. The maximum absolute atomic E-state index is 13.1. The van der Waals surface area contributed by atoms with E-state index in [1.165, 1.54) is 0 Å². The van der Waals surface area contributed by atoms with Crippen LogP contribution in [-0.2, 0) is 21.0 Å². The van der Waals surface area contributed by atoms with Gasteiger partial charge in [0.25, 0.3) is 15.9 Å². The summed E-state index contributed by atoms with van der Waals surface area (Å²) in [6.07, 6.45) is -4.99. The topological polar surface area (TPSA) is 113 Å². The Balaban J connectivity index is 2.27. The molecule has 28 heavy (non-hydrogen) atoms. The van der Waals surface area contributed by atoms with Crippen molar-refractivity contribution >= 4 is 27.6 Å². The van der Waals surface area contributed by atoms with E-state index in [9.17, 15) is 35.6 Å². The van der Waals surface area contributed by atoms with Crippen molar-refractivity contribution in [3.05, 3.63) is 59.4 Å². The number of halogens is 4. The minimum Gasteiger partial charge on any atom is -0.480 e. The molecule has 2 aromatic rings. The first-order valence-corrected chi connectivity index (χ1v) is 8.88. The zero-order valence-electron chi connectivity index (χ0n) is 13.7. The predicted molar refractivity (Wildman–Crippen MR) is 88.6 cm³/mol. The van der Waals surface area contributed by atoms with Crippen molar-refractivity contribution in [3.8, 4) is 0 Å². The van der Waals surface area contributed by atoms with Gasteiger partial charge in [-0.15, -0.1) is 0 Å². The van der Waals surface area contributed by atoms with Crippen molar-refractivity contribution in [2.24, 2.45) is 0 Å². The standard InChI is InChI=1S/C16H12F4N2O5S/c17-10-3-6-13(12(7-10)16(18,19)20)22-28(26,27)11-4-1-9(2-5-11)15(25)21-8-14(23)24/h1-7,22H,8H2,(H,21,25)(H,23,24). The summed E-state index contributed by atoms with van der Waals surface area (Å²) in [6.45, 7) is -0.648. The van der Waals surface area contributed by atoms with Crippen LogP contribution in [0.5, 0.6) is 0 Å². The van der Waals surface area contributed by atoms with E-state index in [2.05, 4.69) is 5.32 Å². The predicted octanol–water partition coefficient (Wildman–Crippen LogP) is 2.46. The summed E-state index contributed by atoms with van der Waals surface area (Å²) in [5, 5.41) is 10.6. The van der Waals surface area contributed by atoms with Crippen molar-refractivity contribution in [1.29, 1.82) is 0 Å². The summed E-state index contributed by atoms with van der Waals surface area (Å²) in [7, 11) is -4.48. The van der Waals surface area contributed by atoms with E-state index in [1.54, 1.807) is 4.72 Å². The number of amides is 1. The number of carboxylic acids is 1. The van der Waals surface area contributed by atoms with Gasteiger partial charge >= 0.3 is 12.1 Å². The first-order chi connectivity index (χ1) is 12.9.